The smallest absolute Gasteiger partial charge is 0.191 e. The van der Waals surface area contributed by atoms with E-state index in [0.29, 0.717) is 0 Å². The van der Waals surface area contributed by atoms with Gasteiger partial charge in [-0.1, -0.05) is 6.08 Å². The molecule has 0 atom stereocenters. The van der Waals surface area contributed by atoms with E-state index in [4.69, 9.17) is 4.74 Å². The van der Waals surface area contributed by atoms with Crippen molar-refractivity contribution >= 4 is 29.9 Å². The summed E-state index contributed by atoms with van der Waals surface area (Å²) in [4.78, 5) is 6.63. The summed E-state index contributed by atoms with van der Waals surface area (Å²) in [7, 11) is 3.53. The maximum Gasteiger partial charge on any atom is 0.191 e. The Morgan fingerprint density at radius 2 is 2.16 bits per heavy atom. The fourth-order valence-electron chi connectivity index (χ4n) is 1.83. The third-order valence-electron chi connectivity index (χ3n) is 2.97. The number of halogens is 1. The van der Waals surface area contributed by atoms with Crippen molar-refractivity contribution in [1.82, 2.24) is 15.5 Å². The number of aliphatic imine (C=N–C) groups is 1. The molecular weight excluding hydrogens is 355 g/mol. The van der Waals surface area contributed by atoms with Gasteiger partial charge in [0.25, 0.3) is 0 Å². The Hall–Kier alpha value is -0.340. The highest BCUT2D eigenvalue weighted by Crippen LogP contribution is 2.25. The molecular formula is C13H27IN4O. The summed E-state index contributed by atoms with van der Waals surface area (Å²) < 4.78 is 5.14. The van der Waals surface area contributed by atoms with Crippen LogP contribution in [0.5, 0.6) is 0 Å². The summed E-state index contributed by atoms with van der Waals surface area (Å²) in [5.74, 6) is 0.831. The van der Waals surface area contributed by atoms with Crippen molar-refractivity contribution in [2.45, 2.75) is 18.9 Å². The Morgan fingerprint density at radius 1 is 1.42 bits per heavy atom. The fraction of sp³-hybridized carbons (Fsp3) is 0.769. The van der Waals surface area contributed by atoms with E-state index in [2.05, 4.69) is 27.1 Å². The number of methoxy groups -OCH3 is 1. The van der Waals surface area contributed by atoms with Gasteiger partial charge in [0, 0.05) is 46.4 Å². The molecule has 112 valence electrons. The average molecular weight is 382 g/mol. The van der Waals surface area contributed by atoms with Gasteiger partial charge in [-0.15, -0.1) is 30.6 Å². The van der Waals surface area contributed by atoms with Crippen LogP contribution in [0.3, 0.4) is 0 Å². The van der Waals surface area contributed by atoms with E-state index in [1.807, 2.05) is 6.08 Å². The minimum Gasteiger partial charge on any atom is -0.383 e. The maximum atomic E-state index is 5.14. The number of guanidine groups is 1. The van der Waals surface area contributed by atoms with E-state index < -0.39 is 0 Å². The van der Waals surface area contributed by atoms with Crippen LogP contribution in [-0.2, 0) is 4.74 Å². The SMILES string of the molecule is C=CCNC(=NC)NCCN(CCOC)C1CC1.I. The minimum absolute atomic E-state index is 0. The van der Waals surface area contributed by atoms with Gasteiger partial charge in [0.05, 0.1) is 6.61 Å². The Kier molecular flexibility index (Phi) is 11.3. The van der Waals surface area contributed by atoms with Crippen LogP contribution < -0.4 is 10.6 Å². The van der Waals surface area contributed by atoms with E-state index in [1.54, 1.807) is 14.2 Å². The van der Waals surface area contributed by atoms with Gasteiger partial charge in [0.2, 0.25) is 0 Å². The Balaban J connectivity index is 0.00000324. The van der Waals surface area contributed by atoms with Crippen molar-refractivity contribution in [2.24, 2.45) is 4.99 Å². The topological polar surface area (TPSA) is 48.9 Å². The first kappa shape index (κ1) is 18.7. The van der Waals surface area contributed by atoms with Crippen molar-refractivity contribution in [1.29, 1.82) is 0 Å². The summed E-state index contributed by atoms with van der Waals surface area (Å²) in [6, 6.07) is 0.769. The van der Waals surface area contributed by atoms with Crippen LogP contribution in [0.25, 0.3) is 0 Å². The van der Waals surface area contributed by atoms with Gasteiger partial charge in [-0.3, -0.25) is 9.89 Å². The Morgan fingerprint density at radius 3 is 2.68 bits per heavy atom. The lowest BCUT2D eigenvalue weighted by Gasteiger charge is -2.22. The predicted molar refractivity (Wildman–Crippen MR) is 91.4 cm³/mol. The summed E-state index contributed by atoms with van der Waals surface area (Å²) in [6.45, 7) is 8.16. The summed E-state index contributed by atoms with van der Waals surface area (Å²) in [5, 5.41) is 6.46. The van der Waals surface area contributed by atoms with E-state index in [0.717, 1.165) is 44.8 Å². The van der Waals surface area contributed by atoms with Crippen molar-refractivity contribution < 1.29 is 4.74 Å². The highest BCUT2D eigenvalue weighted by molar-refractivity contribution is 14.0. The van der Waals surface area contributed by atoms with Crippen LogP contribution in [0.4, 0.5) is 0 Å². The second-order valence-electron chi connectivity index (χ2n) is 4.43. The Labute approximate surface area is 133 Å². The van der Waals surface area contributed by atoms with Crippen LogP contribution in [0.15, 0.2) is 17.6 Å². The van der Waals surface area contributed by atoms with Gasteiger partial charge in [0.1, 0.15) is 0 Å². The van der Waals surface area contributed by atoms with Gasteiger partial charge >= 0.3 is 0 Å². The van der Waals surface area contributed by atoms with Crippen molar-refractivity contribution in [3.63, 3.8) is 0 Å². The number of rotatable bonds is 9. The molecule has 0 bridgehead atoms. The fourth-order valence-corrected chi connectivity index (χ4v) is 1.83. The summed E-state index contributed by atoms with van der Waals surface area (Å²) >= 11 is 0. The summed E-state index contributed by atoms with van der Waals surface area (Å²) in [5.41, 5.74) is 0. The molecule has 0 radical (unpaired) electrons. The quantitative estimate of drug-likeness (QED) is 0.271. The molecule has 1 rings (SSSR count). The highest BCUT2D eigenvalue weighted by Gasteiger charge is 2.28. The number of ether oxygens (including phenoxy) is 1. The van der Waals surface area contributed by atoms with E-state index in [9.17, 15) is 0 Å². The van der Waals surface area contributed by atoms with Gasteiger partial charge < -0.3 is 15.4 Å². The summed E-state index contributed by atoms with van der Waals surface area (Å²) in [6.07, 6.45) is 4.47. The minimum atomic E-state index is 0. The molecule has 0 aliphatic heterocycles. The number of hydrogen-bond donors (Lipinski definition) is 2. The Bertz CT molecular complexity index is 269. The third kappa shape index (κ3) is 8.43. The molecule has 1 aliphatic rings. The molecule has 0 heterocycles. The second kappa shape index (κ2) is 11.5. The van der Waals surface area contributed by atoms with E-state index >= 15 is 0 Å². The molecule has 0 spiro atoms. The van der Waals surface area contributed by atoms with Crippen molar-refractivity contribution in [3.05, 3.63) is 12.7 Å². The van der Waals surface area contributed by atoms with E-state index in [-0.39, 0.29) is 24.0 Å². The molecule has 0 saturated heterocycles. The largest absolute Gasteiger partial charge is 0.383 e. The standard InChI is InChI=1S/C13H26N4O.HI/c1-4-7-15-13(14-2)16-8-9-17(10-11-18-3)12-5-6-12;/h4,12H,1,5-11H2,2-3H3,(H2,14,15,16);1H. The number of hydrogen-bond acceptors (Lipinski definition) is 3. The van der Waals surface area contributed by atoms with Crippen LogP contribution >= 0.6 is 24.0 Å². The maximum absolute atomic E-state index is 5.14. The normalized spacial score (nSPS) is 15.0. The van der Waals surface area contributed by atoms with Crippen LogP contribution in [0.2, 0.25) is 0 Å². The lowest BCUT2D eigenvalue weighted by molar-refractivity contribution is 0.144. The van der Waals surface area contributed by atoms with Gasteiger partial charge in [-0.25, -0.2) is 0 Å². The van der Waals surface area contributed by atoms with E-state index in [1.165, 1.54) is 12.8 Å². The van der Waals surface area contributed by atoms with Crippen LogP contribution in [0, 0.1) is 0 Å². The predicted octanol–water partition coefficient (Wildman–Crippen LogP) is 1.07. The third-order valence-corrected chi connectivity index (χ3v) is 2.97. The molecule has 1 fully saturated rings. The molecule has 19 heavy (non-hydrogen) atoms. The zero-order chi connectivity index (χ0) is 13.2. The molecule has 0 aromatic carbocycles. The molecule has 0 amide bonds. The van der Waals surface area contributed by atoms with Crippen LogP contribution in [-0.4, -0.2) is 63.8 Å². The average Bonchev–Trinajstić information content (AvgIpc) is 3.21. The van der Waals surface area contributed by atoms with Crippen molar-refractivity contribution in [2.75, 3.05) is 46.9 Å². The lowest BCUT2D eigenvalue weighted by atomic mass is 10.4. The van der Waals surface area contributed by atoms with Gasteiger partial charge in [0.15, 0.2) is 5.96 Å². The second-order valence-corrected chi connectivity index (χ2v) is 4.43. The molecule has 0 unspecified atom stereocenters. The van der Waals surface area contributed by atoms with Gasteiger partial charge in [-0.2, -0.15) is 0 Å². The first-order valence-corrected chi connectivity index (χ1v) is 6.60. The highest BCUT2D eigenvalue weighted by atomic mass is 127. The van der Waals surface area contributed by atoms with Gasteiger partial charge in [-0.05, 0) is 12.8 Å². The zero-order valence-electron chi connectivity index (χ0n) is 12.0. The molecule has 1 aliphatic carbocycles. The first-order chi connectivity index (χ1) is 8.81. The zero-order valence-corrected chi connectivity index (χ0v) is 14.4. The molecule has 5 nitrogen and oxygen atoms in total. The lowest BCUT2D eigenvalue weighted by Crippen LogP contribution is -2.42. The van der Waals surface area contributed by atoms with Crippen molar-refractivity contribution in [3.8, 4) is 0 Å². The molecule has 0 aromatic rings. The molecule has 1 saturated carbocycles. The molecule has 6 heteroatoms. The van der Waals surface area contributed by atoms with Crippen LogP contribution in [0.1, 0.15) is 12.8 Å². The number of nitrogens with one attached hydrogen (secondary N) is 2. The molecule has 2 N–H and O–H groups in total. The first-order valence-electron chi connectivity index (χ1n) is 6.60. The monoisotopic (exact) mass is 382 g/mol. The molecule has 0 aromatic heterocycles. The number of nitrogens with zero attached hydrogens (tertiary/aromatic N) is 2.